The molecule has 9 heteroatoms. The van der Waals surface area contributed by atoms with Gasteiger partial charge in [0.2, 0.25) is 11.8 Å². The first-order valence-corrected chi connectivity index (χ1v) is 10.0. The van der Waals surface area contributed by atoms with Gasteiger partial charge in [-0.25, -0.2) is 9.37 Å². The van der Waals surface area contributed by atoms with Gasteiger partial charge in [0.25, 0.3) is 5.91 Å². The van der Waals surface area contributed by atoms with Crippen molar-refractivity contribution < 1.29 is 23.8 Å². The van der Waals surface area contributed by atoms with Gasteiger partial charge < -0.3 is 24.9 Å². The molecule has 8 nitrogen and oxygen atoms in total. The van der Waals surface area contributed by atoms with Crippen molar-refractivity contribution in [1.29, 1.82) is 0 Å². The summed E-state index contributed by atoms with van der Waals surface area (Å²) in [6, 6.07) is 13.7. The average Bonchev–Trinajstić information content (AvgIpc) is 3.12. The molecule has 2 aromatic carbocycles. The third-order valence-corrected chi connectivity index (χ3v) is 5.09. The summed E-state index contributed by atoms with van der Waals surface area (Å²) in [7, 11) is 0. The minimum absolute atomic E-state index is 0.00764. The number of nitrogens with one attached hydrogen (secondary N) is 1. The van der Waals surface area contributed by atoms with Gasteiger partial charge in [-0.1, -0.05) is 30.3 Å². The molecule has 0 saturated heterocycles. The molecule has 2 heterocycles. The molecule has 1 aliphatic rings. The fourth-order valence-corrected chi connectivity index (χ4v) is 3.59. The van der Waals surface area contributed by atoms with Crippen LogP contribution >= 0.6 is 0 Å². The molecule has 32 heavy (non-hydrogen) atoms. The first kappa shape index (κ1) is 21.2. The number of amides is 1. The number of carboxylic acid groups (broad SMARTS) is 1. The second-order valence-corrected chi connectivity index (χ2v) is 7.41. The number of anilines is 2. The third-order valence-electron chi connectivity index (χ3n) is 5.09. The van der Waals surface area contributed by atoms with Crippen LogP contribution < -0.4 is 20.1 Å². The van der Waals surface area contributed by atoms with Crippen molar-refractivity contribution in [2.24, 2.45) is 0 Å². The summed E-state index contributed by atoms with van der Waals surface area (Å²) in [5, 5.41) is 12.9. The van der Waals surface area contributed by atoms with Crippen LogP contribution in [0, 0.1) is 5.82 Å². The third kappa shape index (κ3) is 4.51. The maximum absolute atomic E-state index is 13.2. The van der Waals surface area contributed by atoms with Crippen molar-refractivity contribution in [1.82, 2.24) is 15.3 Å². The summed E-state index contributed by atoms with van der Waals surface area (Å²) in [5.41, 5.74) is 2.79. The predicted octanol–water partition coefficient (Wildman–Crippen LogP) is 1.76. The summed E-state index contributed by atoms with van der Waals surface area (Å²) < 4.78 is 19.0. The fourth-order valence-electron chi connectivity index (χ4n) is 3.59. The van der Waals surface area contributed by atoms with E-state index in [9.17, 15) is 19.1 Å². The van der Waals surface area contributed by atoms with E-state index < -0.39 is 18.4 Å². The van der Waals surface area contributed by atoms with Gasteiger partial charge >= 0.3 is 0 Å². The predicted molar refractivity (Wildman–Crippen MR) is 112 cm³/mol. The number of halogens is 1. The molecule has 0 radical (unpaired) electrons. The van der Waals surface area contributed by atoms with Crippen LogP contribution in [0.4, 0.5) is 16.0 Å². The second kappa shape index (κ2) is 9.01. The monoisotopic (exact) mass is 435 g/mol. The highest BCUT2D eigenvalue weighted by Gasteiger charge is 2.30. The Balaban J connectivity index is 1.66. The number of aliphatic carboxylic acids is 1. The quantitative estimate of drug-likeness (QED) is 0.603. The highest BCUT2D eigenvalue weighted by Crippen LogP contribution is 2.37. The number of hydrogen-bond acceptors (Lipinski definition) is 7. The van der Waals surface area contributed by atoms with Crippen molar-refractivity contribution in [3.63, 3.8) is 0 Å². The molecule has 0 fully saturated rings. The molecule has 0 spiro atoms. The van der Waals surface area contributed by atoms with E-state index in [1.165, 1.54) is 18.3 Å². The molecule has 1 unspecified atom stereocenters. The smallest absolute Gasteiger partial charge is 0.258 e. The summed E-state index contributed by atoms with van der Waals surface area (Å²) in [6.45, 7) is 1.42. The number of para-hydroxylation sites is 1. The van der Waals surface area contributed by atoms with Gasteiger partial charge in [0.05, 0.1) is 12.5 Å². The Bertz CT molecular complexity index is 1150. The summed E-state index contributed by atoms with van der Waals surface area (Å²) in [6.07, 6.45) is 2.12. The fraction of sp³-hybridized carbons (Fsp3) is 0.217. The van der Waals surface area contributed by atoms with Crippen molar-refractivity contribution in [2.45, 2.75) is 26.0 Å². The Morgan fingerprint density at radius 1 is 1.22 bits per heavy atom. The number of hydrogen-bond donors (Lipinski definition) is 1. The van der Waals surface area contributed by atoms with Crippen molar-refractivity contribution in [3.05, 3.63) is 77.2 Å². The standard InChI is InChI=1S/C23H21FN4O4/c1-14-10-16-4-2-3-5-19(16)28(14)23-26-11-18(21(31)25-12-20(29)30)22(27-23)32-13-15-6-8-17(24)9-7-15/h2-9,11,14H,10,12-13H2,1H3,(H,25,31)(H,29,30)/p-1. The topological polar surface area (TPSA) is 107 Å². The number of nitrogens with zero attached hydrogens (tertiary/aromatic N) is 3. The number of rotatable bonds is 7. The summed E-state index contributed by atoms with van der Waals surface area (Å²) >= 11 is 0. The molecular weight excluding hydrogens is 415 g/mol. The van der Waals surface area contributed by atoms with Crippen LogP contribution in [0.5, 0.6) is 5.88 Å². The lowest BCUT2D eigenvalue weighted by molar-refractivity contribution is -0.303. The van der Waals surface area contributed by atoms with E-state index in [0.29, 0.717) is 11.5 Å². The second-order valence-electron chi connectivity index (χ2n) is 7.41. The first-order chi connectivity index (χ1) is 15.4. The Morgan fingerprint density at radius 3 is 2.72 bits per heavy atom. The number of fused-ring (bicyclic) bond motifs is 1. The molecule has 0 saturated carbocycles. The van der Waals surface area contributed by atoms with Crippen LogP contribution in [0.15, 0.2) is 54.7 Å². The van der Waals surface area contributed by atoms with Gasteiger partial charge in [-0.2, -0.15) is 4.98 Å². The van der Waals surface area contributed by atoms with Gasteiger partial charge in [0, 0.05) is 17.9 Å². The van der Waals surface area contributed by atoms with E-state index in [1.54, 1.807) is 12.1 Å². The van der Waals surface area contributed by atoms with Crippen molar-refractivity contribution in [3.8, 4) is 5.88 Å². The minimum atomic E-state index is -1.42. The van der Waals surface area contributed by atoms with Crippen LogP contribution in [0.3, 0.4) is 0 Å². The average molecular weight is 435 g/mol. The van der Waals surface area contributed by atoms with Gasteiger partial charge in [-0.15, -0.1) is 0 Å². The van der Waals surface area contributed by atoms with Crippen LogP contribution in [-0.2, 0) is 17.8 Å². The van der Waals surface area contributed by atoms with E-state index in [1.807, 2.05) is 36.1 Å². The molecule has 1 aliphatic heterocycles. The normalized spacial score (nSPS) is 14.7. The van der Waals surface area contributed by atoms with Crippen molar-refractivity contribution in [2.75, 3.05) is 11.4 Å². The van der Waals surface area contributed by atoms with Gasteiger partial charge in [0.15, 0.2) is 0 Å². The molecule has 1 N–H and O–H groups in total. The lowest BCUT2D eigenvalue weighted by atomic mass is 10.1. The maximum atomic E-state index is 13.2. The van der Waals surface area contributed by atoms with Crippen LogP contribution in [0.1, 0.15) is 28.4 Å². The number of carbonyl (C=O) groups is 2. The number of carbonyl (C=O) groups excluding carboxylic acids is 2. The molecule has 4 rings (SSSR count). The zero-order valence-corrected chi connectivity index (χ0v) is 17.2. The number of aromatic nitrogens is 2. The van der Waals surface area contributed by atoms with Gasteiger partial charge in [0.1, 0.15) is 18.0 Å². The molecule has 164 valence electrons. The molecule has 0 aliphatic carbocycles. The number of benzene rings is 2. The molecule has 0 bridgehead atoms. The lowest BCUT2D eigenvalue weighted by Gasteiger charge is -2.23. The van der Waals surface area contributed by atoms with Crippen molar-refractivity contribution >= 4 is 23.5 Å². The number of ether oxygens (including phenoxy) is 1. The molecule has 3 aromatic rings. The largest absolute Gasteiger partial charge is 0.548 e. The van der Waals surface area contributed by atoms with E-state index >= 15 is 0 Å². The van der Waals surface area contributed by atoms with Crippen LogP contribution in [-0.4, -0.2) is 34.4 Å². The lowest BCUT2D eigenvalue weighted by Crippen LogP contribution is -2.38. The highest BCUT2D eigenvalue weighted by atomic mass is 19.1. The van der Waals surface area contributed by atoms with E-state index in [0.717, 1.165) is 17.7 Å². The van der Waals surface area contributed by atoms with Crippen LogP contribution in [0.2, 0.25) is 0 Å². The van der Waals surface area contributed by atoms with Gasteiger partial charge in [-0.3, -0.25) is 4.79 Å². The zero-order valence-electron chi connectivity index (χ0n) is 17.2. The Morgan fingerprint density at radius 2 is 1.97 bits per heavy atom. The molecular formula is C23H20FN4O4-. The van der Waals surface area contributed by atoms with Gasteiger partial charge in [-0.05, 0) is 42.7 Å². The molecule has 1 atom stereocenters. The first-order valence-electron chi connectivity index (χ1n) is 10.0. The molecule has 1 aromatic heterocycles. The Labute approximate surface area is 183 Å². The Hall–Kier alpha value is -4.01. The zero-order chi connectivity index (χ0) is 22.7. The van der Waals surface area contributed by atoms with E-state index in [-0.39, 0.29) is 29.9 Å². The highest BCUT2D eigenvalue weighted by molar-refractivity contribution is 5.97. The summed E-state index contributed by atoms with van der Waals surface area (Å²) in [5.74, 6) is -2.15. The maximum Gasteiger partial charge on any atom is 0.258 e. The summed E-state index contributed by atoms with van der Waals surface area (Å²) in [4.78, 5) is 34.0. The van der Waals surface area contributed by atoms with Crippen LogP contribution in [0.25, 0.3) is 0 Å². The molecule has 1 amide bonds. The number of carboxylic acids is 1. The van der Waals surface area contributed by atoms with E-state index in [2.05, 4.69) is 15.3 Å². The Kier molecular flexibility index (Phi) is 5.98. The SMILES string of the molecule is CC1Cc2ccccc2N1c1ncc(C(=O)NCC(=O)[O-])c(OCc2ccc(F)cc2)n1. The van der Waals surface area contributed by atoms with E-state index in [4.69, 9.17) is 4.74 Å². The minimum Gasteiger partial charge on any atom is -0.548 e.